The Balaban J connectivity index is 2.39. The van der Waals surface area contributed by atoms with Gasteiger partial charge in [0.15, 0.2) is 0 Å². The van der Waals surface area contributed by atoms with E-state index in [1.165, 1.54) is 17.6 Å². The van der Waals surface area contributed by atoms with Gasteiger partial charge in [-0.3, -0.25) is 0 Å². The lowest BCUT2D eigenvalue weighted by atomic mass is 10.3. The quantitative estimate of drug-likeness (QED) is 0.745. The standard InChI is InChI=1S/C9H7F3N2O3/c10-9(11,12)7(15)17-14-8(16)13-6-4-2-1-3-5-6/h1-5H,(H2,13,14,16). The summed E-state index contributed by atoms with van der Waals surface area (Å²) in [7, 11) is 0. The Morgan fingerprint density at radius 3 is 2.24 bits per heavy atom. The first-order chi connectivity index (χ1) is 7.89. The van der Waals surface area contributed by atoms with Crippen LogP contribution < -0.4 is 10.8 Å². The van der Waals surface area contributed by atoms with Gasteiger partial charge >= 0.3 is 18.2 Å². The molecule has 2 amide bonds. The van der Waals surface area contributed by atoms with Gasteiger partial charge in [-0.05, 0) is 12.1 Å². The fraction of sp³-hybridized carbons (Fsp3) is 0.111. The molecular weight excluding hydrogens is 241 g/mol. The Morgan fingerprint density at radius 2 is 1.71 bits per heavy atom. The van der Waals surface area contributed by atoms with Crippen molar-refractivity contribution < 1.29 is 27.6 Å². The molecule has 0 saturated carbocycles. The maximum atomic E-state index is 11.7. The van der Waals surface area contributed by atoms with Gasteiger partial charge in [0.25, 0.3) is 0 Å². The van der Waals surface area contributed by atoms with E-state index in [1.807, 2.05) is 0 Å². The summed E-state index contributed by atoms with van der Waals surface area (Å²) < 4.78 is 35.0. The van der Waals surface area contributed by atoms with Crippen molar-refractivity contribution in [1.29, 1.82) is 0 Å². The summed E-state index contributed by atoms with van der Waals surface area (Å²) in [5, 5.41) is 2.15. The van der Waals surface area contributed by atoms with Crippen LogP contribution >= 0.6 is 0 Å². The highest BCUT2D eigenvalue weighted by Crippen LogP contribution is 2.15. The number of benzene rings is 1. The molecule has 1 aromatic carbocycles. The van der Waals surface area contributed by atoms with Gasteiger partial charge < -0.3 is 10.2 Å². The molecule has 0 aliphatic carbocycles. The molecule has 0 aliphatic heterocycles. The Labute approximate surface area is 93.5 Å². The predicted molar refractivity (Wildman–Crippen MR) is 50.7 cm³/mol. The largest absolute Gasteiger partial charge is 0.493 e. The number of halogens is 3. The summed E-state index contributed by atoms with van der Waals surface area (Å²) in [5.74, 6) is -2.50. The maximum absolute atomic E-state index is 11.7. The van der Waals surface area contributed by atoms with E-state index in [2.05, 4.69) is 10.2 Å². The maximum Gasteiger partial charge on any atom is 0.493 e. The van der Waals surface area contributed by atoms with Gasteiger partial charge in [-0.1, -0.05) is 18.2 Å². The smallest absolute Gasteiger partial charge is 0.331 e. The molecule has 92 valence electrons. The second kappa shape index (κ2) is 5.19. The van der Waals surface area contributed by atoms with Crippen LogP contribution in [0.5, 0.6) is 0 Å². The minimum Gasteiger partial charge on any atom is -0.331 e. The fourth-order valence-electron chi connectivity index (χ4n) is 0.829. The number of carbonyl (C=O) groups is 2. The Kier molecular flexibility index (Phi) is 3.91. The number of hydroxylamine groups is 1. The molecule has 0 fully saturated rings. The normalized spacial score (nSPS) is 10.5. The van der Waals surface area contributed by atoms with Crippen LogP contribution in [-0.4, -0.2) is 18.2 Å². The summed E-state index contributed by atoms with van der Waals surface area (Å²) in [6.07, 6.45) is -5.15. The highest BCUT2D eigenvalue weighted by Gasteiger charge is 2.41. The highest BCUT2D eigenvalue weighted by atomic mass is 19.4. The Hall–Kier alpha value is -2.25. The van der Waals surface area contributed by atoms with Crippen molar-refractivity contribution in [2.45, 2.75) is 6.18 Å². The van der Waals surface area contributed by atoms with Crippen molar-refractivity contribution in [1.82, 2.24) is 5.48 Å². The molecule has 0 aromatic heterocycles. The molecule has 0 aliphatic rings. The lowest BCUT2D eigenvalue weighted by Crippen LogP contribution is -2.36. The van der Waals surface area contributed by atoms with Crippen LogP contribution in [0.2, 0.25) is 0 Å². The molecule has 5 nitrogen and oxygen atoms in total. The minimum atomic E-state index is -5.15. The molecule has 0 unspecified atom stereocenters. The molecule has 2 N–H and O–H groups in total. The number of amides is 2. The van der Waals surface area contributed by atoms with Crippen LogP contribution in [0.3, 0.4) is 0 Å². The van der Waals surface area contributed by atoms with Crippen LogP contribution in [0, 0.1) is 0 Å². The molecule has 1 rings (SSSR count). The van der Waals surface area contributed by atoms with Gasteiger partial charge in [0.2, 0.25) is 0 Å². The molecule has 0 saturated heterocycles. The zero-order valence-corrected chi connectivity index (χ0v) is 8.25. The van der Waals surface area contributed by atoms with Gasteiger partial charge in [-0.2, -0.15) is 18.7 Å². The average molecular weight is 248 g/mol. The number of hydrogen-bond acceptors (Lipinski definition) is 3. The summed E-state index contributed by atoms with van der Waals surface area (Å²) in [6, 6.07) is 6.83. The van der Waals surface area contributed by atoms with E-state index >= 15 is 0 Å². The third kappa shape index (κ3) is 4.41. The van der Waals surface area contributed by atoms with E-state index in [0.29, 0.717) is 5.69 Å². The van der Waals surface area contributed by atoms with E-state index < -0.39 is 18.2 Å². The van der Waals surface area contributed by atoms with E-state index in [4.69, 9.17) is 0 Å². The Morgan fingerprint density at radius 1 is 1.12 bits per heavy atom. The minimum absolute atomic E-state index is 0.341. The molecule has 0 atom stereocenters. The first-order valence-corrected chi connectivity index (χ1v) is 4.29. The summed E-state index contributed by atoms with van der Waals surface area (Å²) in [6.45, 7) is 0. The summed E-state index contributed by atoms with van der Waals surface area (Å²) in [5.41, 5.74) is 1.66. The second-order valence-corrected chi connectivity index (χ2v) is 2.81. The lowest BCUT2D eigenvalue weighted by molar-refractivity contribution is -0.204. The van der Waals surface area contributed by atoms with Crippen LogP contribution in [0.1, 0.15) is 0 Å². The number of alkyl halides is 3. The Bertz CT molecular complexity index is 406. The van der Waals surface area contributed by atoms with Crippen LogP contribution in [0.15, 0.2) is 30.3 Å². The third-order valence-electron chi connectivity index (χ3n) is 1.50. The number of nitrogens with one attached hydrogen (secondary N) is 2. The van der Waals surface area contributed by atoms with Crippen LogP contribution in [0.25, 0.3) is 0 Å². The van der Waals surface area contributed by atoms with Crippen molar-refractivity contribution in [2.24, 2.45) is 0 Å². The van der Waals surface area contributed by atoms with E-state index in [1.54, 1.807) is 18.2 Å². The van der Waals surface area contributed by atoms with Gasteiger partial charge in [-0.15, -0.1) is 0 Å². The van der Waals surface area contributed by atoms with Gasteiger partial charge in [0.1, 0.15) is 0 Å². The third-order valence-corrected chi connectivity index (χ3v) is 1.50. The van der Waals surface area contributed by atoms with Gasteiger partial charge in [-0.25, -0.2) is 9.59 Å². The number of rotatable bonds is 1. The van der Waals surface area contributed by atoms with Crippen molar-refractivity contribution in [3.8, 4) is 0 Å². The number of carbonyl (C=O) groups excluding carboxylic acids is 2. The molecule has 8 heteroatoms. The van der Waals surface area contributed by atoms with E-state index in [9.17, 15) is 22.8 Å². The second-order valence-electron chi connectivity index (χ2n) is 2.81. The van der Waals surface area contributed by atoms with Crippen molar-refractivity contribution >= 4 is 17.7 Å². The number of anilines is 1. The average Bonchev–Trinajstić information content (AvgIpc) is 2.26. The zero-order valence-electron chi connectivity index (χ0n) is 8.25. The molecule has 1 aromatic rings. The van der Waals surface area contributed by atoms with Gasteiger partial charge in [0.05, 0.1) is 0 Å². The number of hydrogen-bond donors (Lipinski definition) is 2. The van der Waals surface area contributed by atoms with Gasteiger partial charge in [0, 0.05) is 5.69 Å². The molecule has 17 heavy (non-hydrogen) atoms. The summed E-state index contributed by atoms with van der Waals surface area (Å²) >= 11 is 0. The number of urea groups is 1. The van der Waals surface area contributed by atoms with Crippen molar-refractivity contribution in [2.75, 3.05) is 5.32 Å². The van der Waals surface area contributed by atoms with Crippen LogP contribution in [0.4, 0.5) is 23.7 Å². The molecule has 0 heterocycles. The van der Waals surface area contributed by atoms with Crippen LogP contribution in [-0.2, 0) is 9.63 Å². The summed E-state index contributed by atoms with van der Waals surface area (Å²) in [4.78, 5) is 24.7. The highest BCUT2D eigenvalue weighted by molar-refractivity contribution is 5.89. The molecule has 0 radical (unpaired) electrons. The topological polar surface area (TPSA) is 67.4 Å². The molecular formula is C9H7F3N2O3. The lowest BCUT2D eigenvalue weighted by Gasteiger charge is -2.08. The molecule has 0 bridgehead atoms. The van der Waals surface area contributed by atoms with E-state index in [0.717, 1.165) is 0 Å². The first-order valence-electron chi connectivity index (χ1n) is 4.29. The van der Waals surface area contributed by atoms with Crippen molar-refractivity contribution in [3.05, 3.63) is 30.3 Å². The van der Waals surface area contributed by atoms with E-state index in [-0.39, 0.29) is 0 Å². The predicted octanol–water partition coefficient (Wildman–Crippen LogP) is 1.83. The SMILES string of the molecule is O=C(NOC(=O)C(F)(F)F)Nc1ccccc1. The van der Waals surface area contributed by atoms with Crippen molar-refractivity contribution in [3.63, 3.8) is 0 Å². The fourth-order valence-corrected chi connectivity index (χ4v) is 0.829. The zero-order chi connectivity index (χ0) is 12.9. The first kappa shape index (κ1) is 12.8. The monoisotopic (exact) mass is 248 g/mol. The number of para-hydroxylation sites is 1. The molecule has 0 spiro atoms.